The molecule has 1 saturated heterocycles. The van der Waals surface area contributed by atoms with Crippen molar-refractivity contribution < 1.29 is 9.53 Å². The molecular weight excluding hydrogens is 354 g/mol. The van der Waals surface area contributed by atoms with Crippen molar-refractivity contribution in [3.63, 3.8) is 0 Å². The first-order valence-corrected chi connectivity index (χ1v) is 10.3. The Morgan fingerprint density at radius 1 is 1.21 bits per heavy atom. The van der Waals surface area contributed by atoms with E-state index in [9.17, 15) is 4.79 Å². The number of hydrogen-bond donors (Lipinski definition) is 1. The van der Waals surface area contributed by atoms with Gasteiger partial charge in [0.25, 0.3) is 5.91 Å². The third-order valence-electron chi connectivity index (χ3n) is 5.81. The Balaban J connectivity index is 1.36. The van der Waals surface area contributed by atoms with E-state index in [4.69, 9.17) is 4.74 Å². The summed E-state index contributed by atoms with van der Waals surface area (Å²) in [7, 11) is 0. The number of amides is 1. The second-order valence-electron chi connectivity index (χ2n) is 7.73. The summed E-state index contributed by atoms with van der Waals surface area (Å²) in [6, 6.07) is 7.52. The van der Waals surface area contributed by atoms with Crippen LogP contribution in [0.2, 0.25) is 0 Å². The number of nitrogens with one attached hydrogen (secondary N) is 1. The van der Waals surface area contributed by atoms with Gasteiger partial charge in [0.05, 0.1) is 12.6 Å². The van der Waals surface area contributed by atoms with E-state index in [1.807, 2.05) is 36.1 Å². The fourth-order valence-electron chi connectivity index (χ4n) is 3.93. The van der Waals surface area contributed by atoms with Crippen LogP contribution in [0.5, 0.6) is 5.75 Å². The molecule has 0 radical (unpaired) electrons. The zero-order chi connectivity index (χ0) is 19.5. The van der Waals surface area contributed by atoms with Crippen LogP contribution in [-0.2, 0) is 13.1 Å². The van der Waals surface area contributed by atoms with Gasteiger partial charge in [-0.25, -0.2) is 0 Å². The summed E-state index contributed by atoms with van der Waals surface area (Å²) in [4.78, 5) is 14.8. The second kappa shape index (κ2) is 8.31. The number of nitrogens with zero attached hydrogens (tertiary/aromatic N) is 4. The van der Waals surface area contributed by atoms with Gasteiger partial charge < -0.3 is 19.5 Å². The lowest BCUT2D eigenvalue weighted by atomic mass is 9.95. The van der Waals surface area contributed by atoms with Gasteiger partial charge in [0.15, 0.2) is 0 Å². The molecule has 1 aromatic carbocycles. The van der Waals surface area contributed by atoms with E-state index in [0.29, 0.717) is 5.92 Å². The number of aromatic nitrogens is 3. The Kier molecular flexibility index (Phi) is 5.62. The molecule has 0 spiro atoms. The predicted molar refractivity (Wildman–Crippen MR) is 106 cm³/mol. The van der Waals surface area contributed by atoms with Crippen LogP contribution in [0.3, 0.4) is 0 Å². The summed E-state index contributed by atoms with van der Waals surface area (Å²) in [6.45, 7) is 8.35. The summed E-state index contributed by atoms with van der Waals surface area (Å²) < 4.78 is 8.06. The van der Waals surface area contributed by atoms with E-state index in [0.717, 1.165) is 74.9 Å². The molecule has 1 aromatic heterocycles. The Bertz CT molecular complexity index is 809. The highest BCUT2D eigenvalue weighted by molar-refractivity contribution is 5.94. The van der Waals surface area contributed by atoms with Crippen molar-refractivity contribution in [2.24, 2.45) is 0 Å². The minimum absolute atomic E-state index is 0.0982. The quantitative estimate of drug-likeness (QED) is 0.859. The third-order valence-corrected chi connectivity index (χ3v) is 5.81. The highest BCUT2D eigenvalue weighted by Crippen LogP contribution is 2.28. The molecule has 1 amide bonds. The molecule has 0 aliphatic carbocycles. The van der Waals surface area contributed by atoms with Gasteiger partial charge in [0, 0.05) is 37.7 Å². The zero-order valence-corrected chi connectivity index (χ0v) is 16.7. The van der Waals surface area contributed by atoms with E-state index >= 15 is 0 Å². The Morgan fingerprint density at radius 3 is 2.68 bits per heavy atom. The van der Waals surface area contributed by atoms with Crippen LogP contribution < -0.4 is 10.1 Å². The Hall–Kier alpha value is -2.41. The van der Waals surface area contributed by atoms with E-state index in [1.165, 1.54) is 0 Å². The molecule has 1 unspecified atom stereocenters. The minimum Gasteiger partial charge on any atom is -0.491 e. The first-order valence-electron chi connectivity index (χ1n) is 10.3. The largest absolute Gasteiger partial charge is 0.491 e. The van der Waals surface area contributed by atoms with Gasteiger partial charge in [-0.1, -0.05) is 6.92 Å². The number of carbonyl (C=O) groups excluding carboxylic acids is 1. The Labute approximate surface area is 166 Å². The molecule has 0 bridgehead atoms. The molecule has 28 heavy (non-hydrogen) atoms. The first-order chi connectivity index (χ1) is 13.7. The molecule has 150 valence electrons. The fourth-order valence-corrected chi connectivity index (χ4v) is 3.93. The molecule has 2 aliphatic rings. The number of hydrogen-bond acceptors (Lipinski definition) is 5. The average molecular weight is 383 g/mol. The van der Waals surface area contributed by atoms with Crippen LogP contribution in [0, 0.1) is 0 Å². The van der Waals surface area contributed by atoms with Crippen molar-refractivity contribution in [1.29, 1.82) is 0 Å². The van der Waals surface area contributed by atoms with Crippen LogP contribution in [0.25, 0.3) is 0 Å². The summed E-state index contributed by atoms with van der Waals surface area (Å²) in [5.41, 5.74) is 0.723. The monoisotopic (exact) mass is 383 g/mol. The van der Waals surface area contributed by atoms with Gasteiger partial charge in [0.2, 0.25) is 0 Å². The molecule has 2 aliphatic heterocycles. The molecule has 1 atom stereocenters. The maximum absolute atomic E-state index is 12.9. The third kappa shape index (κ3) is 3.90. The van der Waals surface area contributed by atoms with Crippen LogP contribution in [0.1, 0.15) is 61.0 Å². The highest BCUT2D eigenvalue weighted by Gasteiger charge is 2.29. The van der Waals surface area contributed by atoms with Crippen molar-refractivity contribution in [3.05, 3.63) is 41.5 Å². The van der Waals surface area contributed by atoms with Gasteiger partial charge in [-0.3, -0.25) is 4.79 Å². The smallest absolute Gasteiger partial charge is 0.253 e. The number of piperidine rings is 1. The van der Waals surface area contributed by atoms with Gasteiger partial charge >= 0.3 is 0 Å². The molecule has 7 nitrogen and oxygen atoms in total. The van der Waals surface area contributed by atoms with Crippen molar-refractivity contribution in [1.82, 2.24) is 25.0 Å². The van der Waals surface area contributed by atoms with Crippen LogP contribution in [0.15, 0.2) is 24.3 Å². The van der Waals surface area contributed by atoms with Crippen molar-refractivity contribution in [3.8, 4) is 5.75 Å². The van der Waals surface area contributed by atoms with Crippen LogP contribution in [-0.4, -0.2) is 51.3 Å². The Morgan fingerprint density at radius 2 is 1.96 bits per heavy atom. The van der Waals surface area contributed by atoms with Gasteiger partial charge in [0.1, 0.15) is 17.4 Å². The molecular formula is C21H29N5O2. The summed E-state index contributed by atoms with van der Waals surface area (Å²) in [6.07, 6.45) is 3.01. The average Bonchev–Trinajstić information content (AvgIpc) is 3.18. The summed E-state index contributed by atoms with van der Waals surface area (Å²) in [5, 5.41) is 12.1. The van der Waals surface area contributed by atoms with E-state index in [2.05, 4.69) is 27.0 Å². The van der Waals surface area contributed by atoms with Gasteiger partial charge in [-0.2, -0.15) is 0 Å². The highest BCUT2D eigenvalue weighted by atomic mass is 16.5. The van der Waals surface area contributed by atoms with Crippen molar-refractivity contribution in [2.45, 2.75) is 58.2 Å². The molecule has 2 aromatic rings. The standard InChI is InChI=1S/C21H29N5O2/c1-3-15(2)28-18-6-4-17(5-7-18)21(27)25-11-8-16(9-12-25)20-24-23-19-14-22-10-13-26(19)20/h4-7,15-16,22H,3,8-14H2,1-2H3. The maximum Gasteiger partial charge on any atom is 0.253 e. The first kappa shape index (κ1) is 18.9. The van der Waals surface area contributed by atoms with Gasteiger partial charge in [-0.15, -0.1) is 10.2 Å². The lowest BCUT2D eigenvalue weighted by molar-refractivity contribution is 0.0710. The summed E-state index contributed by atoms with van der Waals surface area (Å²) in [5.74, 6) is 3.42. The van der Waals surface area contributed by atoms with Crippen molar-refractivity contribution >= 4 is 5.91 Å². The number of benzene rings is 1. The number of rotatable bonds is 5. The predicted octanol–water partition coefficient (Wildman–Crippen LogP) is 2.58. The maximum atomic E-state index is 12.9. The molecule has 1 N–H and O–H groups in total. The van der Waals surface area contributed by atoms with E-state index in [1.54, 1.807) is 0 Å². The van der Waals surface area contributed by atoms with Gasteiger partial charge in [-0.05, 0) is 50.5 Å². The number of ether oxygens (including phenoxy) is 1. The molecule has 1 fully saturated rings. The zero-order valence-electron chi connectivity index (χ0n) is 16.7. The van der Waals surface area contributed by atoms with Crippen LogP contribution in [0.4, 0.5) is 0 Å². The lowest BCUT2D eigenvalue weighted by Crippen LogP contribution is -2.38. The topological polar surface area (TPSA) is 72.3 Å². The van der Waals surface area contributed by atoms with E-state index < -0.39 is 0 Å². The number of likely N-dealkylation sites (tertiary alicyclic amines) is 1. The second-order valence-corrected chi connectivity index (χ2v) is 7.73. The molecule has 7 heteroatoms. The number of fused-ring (bicyclic) bond motifs is 1. The minimum atomic E-state index is 0.0982. The van der Waals surface area contributed by atoms with Crippen molar-refractivity contribution in [2.75, 3.05) is 19.6 Å². The fraction of sp³-hybridized carbons (Fsp3) is 0.571. The molecule has 3 heterocycles. The molecule has 0 saturated carbocycles. The van der Waals surface area contributed by atoms with Crippen LogP contribution >= 0.6 is 0 Å². The van der Waals surface area contributed by atoms with E-state index in [-0.39, 0.29) is 12.0 Å². The molecule has 4 rings (SSSR count). The number of carbonyl (C=O) groups is 1. The normalized spacial score (nSPS) is 18.6. The SMILES string of the molecule is CCC(C)Oc1ccc(C(=O)N2CCC(c3nnc4n3CCNC4)CC2)cc1. The summed E-state index contributed by atoms with van der Waals surface area (Å²) >= 11 is 0. The lowest BCUT2D eigenvalue weighted by Gasteiger charge is -2.32.